The van der Waals surface area contributed by atoms with Crippen LogP contribution in [0.25, 0.3) is 0 Å². The van der Waals surface area contributed by atoms with Crippen LogP contribution in [0.1, 0.15) is 53.1 Å². The van der Waals surface area contributed by atoms with Gasteiger partial charge in [-0.05, 0) is 37.5 Å². The number of aromatic nitrogens is 1. The van der Waals surface area contributed by atoms with Gasteiger partial charge in [0.2, 0.25) is 0 Å². The fourth-order valence-corrected chi connectivity index (χ4v) is 5.31. The third-order valence-electron chi connectivity index (χ3n) is 6.61. The second kappa shape index (κ2) is 11.9. The Morgan fingerprint density at radius 3 is 2.89 bits per heavy atom. The molecule has 0 radical (unpaired) electrons. The van der Waals surface area contributed by atoms with Gasteiger partial charge in [-0.1, -0.05) is 13.0 Å². The third kappa shape index (κ3) is 6.38. The van der Waals surface area contributed by atoms with E-state index in [1.165, 1.54) is 11.3 Å². The lowest BCUT2D eigenvalue weighted by Gasteiger charge is -2.34. The molecule has 0 spiro atoms. The fraction of sp³-hybridized carbons (Fsp3) is 0.560. The van der Waals surface area contributed by atoms with Crippen molar-refractivity contribution < 1.29 is 14.3 Å². The Bertz CT molecular complexity index is 1030. The van der Waals surface area contributed by atoms with Gasteiger partial charge in [0.05, 0.1) is 17.4 Å². The Kier molecular flexibility index (Phi) is 8.72. The van der Waals surface area contributed by atoms with Crippen molar-refractivity contribution in [2.24, 2.45) is 0 Å². The number of methoxy groups -OCH3 is 1. The number of carbonyl (C=O) groups excluding carboxylic acids is 2. The van der Waals surface area contributed by atoms with Gasteiger partial charge in [0.15, 0.2) is 5.13 Å². The van der Waals surface area contributed by atoms with Crippen LogP contribution in [-0.4, -0.2) is 80.2 Å². The summed E-state index contributed by atoms with van der Waals surface area (Å²) in [6, 6.07) is 6.14. The fourth-order valence-electron chi connectivity index (χ4n) is 4.47. The zero-order chi connectivity index (χ0) is 24.8. The minimum atomic E-state index is -0.317. The minimum Gasteiger partial charge on any atom is -0.380 e. The highest BCUT2D eigenvalue weighted by molar-refractivity contribution is 7.14. The normalized spacial score (nSPS) is 20.7. The summed E-state index contributed by atoms with van der Waals surface area (Å²) in [5, 5.41) is 11.9. The van der Waals surface area contributed by atoms with Crippen LogP contribution < -0.4 is 20.9 Å². The van der Waals surface area contributed by atoms with Gasteiger partial charge < -0.3 is 25.6 Å². The van der Waals surface area contributed by atoms with Crippen LogP contribution >= 0.6 is 11.3 Å². The molecule has 2 aromatic rings. The van der Waals surface area contributed by atoms with Crippen LogP contribution in [0.2, 0.25) is 0 Å². The molecule has 3 N–H and O–H groups in total. The summed E-state index contributed by atoms with van der Waals surface area (Å²) in [6.07, 6.45) is 1.99. The number of piperazine rings is 1. The number of nitrogens with one attached hydrogen (secondary N) is 3. The van der Waals surface area contributed by atoms with Gasteiger partial charge >= 0.3 is 0 Å². The average molecular weight is 501 g/mol. The van der Waals surface area contributed by atoms with Crippen LogP contribution in [-0.2, 0) is 11.3 Å². The summed E-state index contributed by atoms with van der Waals surface area (Å²) >= 11 is 1.45. The largest absolute Gasteiger partial charge is 0.380 e. The van der Waals surface area contributed by atoms with Crippen molar-refractivity contribution in [2.75, 3.05) is 56.6 Å². The zero-order valence-electron chi connectivity index (χ0n) is 20.8. The highest BCUT2D eigenvalue weighted by Crippen LogP contribution is 2.27. The van der Waals surface area contributed by atoms with E-state index in [1.807, 2.05) is 25.1 Å². The van der Waals surface area contributed by atoms with Gasteiger partial charge in [0.25, 0.3) is 11.8 Å². The Morgan fingerprint density at radius 1 is 1.29 bits per heavy atom. The molecule has 0 saturated carbocycles. The van der Waals surface area contributed by atoms with Crippen LogP contribution in [0.4, 0.5) is 10.8 Å². The van der Waals surface area contributed by atoms with E-state index >= 15 is 0 Å². The van der Waals surface area contributed by atoms with Gasteiger partial charge in [-0.15, -0.1) is 11.3 Å². The van der Waals surface area contributed by atoms with E-state index < -0.39 is 0 Å². The van der Waals surface area contributed by atoms with Crippen molar-refractivity contribution in [1.29, 1.82) is 0 Å². The van der Waals surface area contributed by atoms with Crippen molar-refractivity contribution >= 4 is 34.0 Å². The predicted octanol–water partition coefficient (Wildman–Crippen LogP) is 2.55. The van der Waals surface area contributed by atoms with Crippen molar-refractivity contribution in [2.45, 2.75) is 45.4 Å². The maximum atomic E-state index is 13.0. The number of hydrogen-bond acceptors (Lipinski definition) is 8. The number of nitrogens with zero attached hydrogens (tertiary/aromatic N) is 3. The summed E-state index contributed by atoms with van der Waals surface area (Å²) in [4.78, 5) is 35.1. The molecule has 1 aromatic carbocycles. The van der Waals surface area contributed by atoms with E-state index in [4.69, 9.17) is 4.74 Å². The molecule has 0 bridgehead atoms. The number of thiazole rings is 1. The monoisotopic (exact) mass is 500 g/mol. The number of benzene rings is 1. The quantitative estimate of drug-likeness (QED) is 0.487. The van der Waals surface area contributed by atoms with Crippen molar-refractivity contribution in [1.82, 2.24) is 20.5 Å². The topological polar surface area (TPSA) is 98.8 Å². The van der Waals surface area contributed by atoms with E-state index in [0.717, 1.165) is 62.8 Å². The highest BCUT2D eigenvalue weighted by atomic mass is 32.1. The molecule has 2 fully saturated rings. The molecule has 9 nitrogen and oxygen atoms in total. The number of ether oxygens (including phenoxy) is 1. The molecule has 1 aromatic heterocycles. The lowest BCUT2D eigenvalue weighted by Crippen LogP contribution is -2.49. The highest BCUT2D eigenvalue weighted by Gasteiger charge is 2.26. The zero-order valence-corrected chi connectivity index (χ0v) is 21.6. The number of rotatable bonds is 9. The first-order valence-corrected chi connectivity index (χ1v) is 13.3. The van der Waals surface area contributed by atoms with Gasteiger partial charge in [0.1, 0.15) is 5.69 Å². The molecule has 4 rings (SSSR count). The van der Waals surface area contributed by atoms with Crippen molar-refractivity contribution in [3.05, 3.63) is 40.4 Å². The first kappa shape index (κ1) is 25.6. The molecule has 10 heteroatoms. The lowest BCUT2D eigenvalue weighted by atomic mass is 10.1. The van der Waals surface area contributed by atoms with Gasteiger partial charge in [-0.3, -0.25) is 14.5 Å². The van der Waals surface area contributed by atoms with Crippen molar-refractivity contribution in [3.8, 4) is 0 Å². The SMILES string of the molecule is CCCNC(=O)c1cc(CN2CCNC[C@@H]2C)ccc1NC(=O)c1csc(N2CC[C@H](OC)C2)n1. The molecule has 2 saturated heterocycles. The molecule has 0 unspecified atom stereocenters. The molecule has 35 heavy (non-hydrogen) atoms. The van der Waals surface area contributed by atoms with Crippen LogP contribution in [0.3, 0.4) is 0 Å². The first-order chi connectivity index (χ1) is 17.0. The van der Waals surface area contributed by atoms with E-state index in [2.05, 4.69) is 37.7 Å². The predicted molar refractivity (Wildman–Crippen MR) is 140 cm³/mol. The molecule has 190 valence electrons. The Labute approximate surface area is 211 Å². The smallest absolute Gasteiger partial charge is 0.275 e. The summed E-state index contributed by atoms with van der Waals surface area (Å²) in [7, 11) is 1.72. The van der Waals surface area contributed by atoms with E-state index in [1.54, 1.807) is 12.5 Å². The summed E-state index contributed by atoms with van der Waals surface area (Å²) in [5.41, 5.74) is 2.38. The second-order valence-electron chi connectivity index (χ2n) is 9.22. The maximum Gasteiger partial charge on any atom is 0.275 e. The Balaban J connectivity index is 1.49. The van der Waals surface area contributed by atoms with Crippen LogP contribution in [0.5, 0.6) is 0 Å². The maximum absolute atomic E-state index is 13.0. The molecule has 2 amide bonds. The molecular weight excluding hydrogens is 464 g/mol. The van der Waals surface area contributed by atoms with Gasteiger partial charge in [-0.25, -0.2) is 4.98 Å². The van der Waals surface area contributed by atoms with Gasteiger partial charge in [0, 0.05) is 64.3 Å². The molecule has 0 aliphatic carbocycles. The molecule has 2 aliphatic rings. The average Bonchev–Trinajstić information content (AvgIpc) is 3.54. The number of hydrogen-bond donors (Lipinski definition) is 3. The van der Waals surface area contributed by atoms with Crippen LogP contribution in [0, 0.1) is 0 Å². The number of amides is 2. The second-order valence-corrected chi connectivity index (χ2v) is 10.1. The first-order valence-electron chi connectivity index (χ1n) is 12.4. The molecule has 3 heterocycles. The molecule has 2 atom stereocenters. The summed E-state index contributed by atoms with van der Waals surface area (Å²) < 4.78 is 5.43. The van der Waals surface area contributed by atoms with E-state index in [0.29, 0.717) is 29.5 Å². The summed E-state index contributed by atoms with van der Waals surface area (Å²) in [5.74, 6) is -0.498. The van der Waals surface area contributed by atoms with Gasteiger partial charge in [-0.2, -0.15) is 0 Å². The van der Waals surface area contributed by atoms with E-state index in [9.17, 15) is 9.59 Å². The standard InChI is InChI=1S/C25H36N6O3S/c1-4-8-27-23(32)20-12-18(14-30-11-9-26-13-17(30)2)5-6-21(20)28-24(33)22-16-35-25(29-22)31-10-7-19(15-31)34-3/h5-6,12,16-17,19,26H,4,7-11,13-15H2,1-3H3,(H,27,32)(H,28,33)/t17-,19-/m0/s1. The minimum absolute atomic E-state index is 0.181. The number of anilines is 2. The van der Waals surface area contributed by atoms with Crippen LogP contribution in [0.15, 0.2) is 23.6 Å². The number of carbonyl (C=O) groups is 2. The third-order valence-corrected chi connectivity index (χ3v) is 7.51. The Morgan fingerprint density at radius 2 is 2.14 bits per heavy atom. The van der Waals surface area contributed by atoms with E-state index in [-0.39, 0.29) is 17.9 Å². The molecule has 2 aliphatic heterocycles. The lowest BCUT2D eigenvalue weighted by molar-refractivity contribution is 0.0954. The van der Waals surface area contributed by atoms with Crippen molar-refractivity contribution in [3.63, 3.8) is 0 Å². The summed E-state index contributed by atoms with van der Waals surface area (Å²) in [6.45, 7) is 10.1. The molecular formula is C25H36N6O3S. The Hall–Kier alpha value is -2.53.